The van der Waals surface area contributed by atoms with E-state index in [1.165, 1.54) is 5.69 Å². The number of amides is 1. The van der Waals surface area contributed by atoms with Crippen molar-refractivity contribution in [2.75, 3.05) is 43.4 Å². The Morgan fingerprint density at radius 3 is 2.64 bits per heavy atom. The van der Waals surface area contributed by atoms with E-state index in [0.717, 1.165) is 48.9 Å². The molecule has 0 unspecified atom stereocenters. The van der Waals surface area contributed by atoms with Gasteiger partial charge in [0.2, 0.25) is 5.95 Å². The largest absolute Gasteiger partial charge is 0.369 e. The number of benzene rings is 1. The molecule has 0 atom stereocenters. The lowest BCUT2D eigenvalue weighted by atomic mass is 10.2. The van der Waals surface area contributed by atoms with Crippen LogP contribution in [0.25, 0.3) is 18.0 Å². The predicted octanol–water partition coefficient (Wildman–Crippen LogP) is 1.38. The summed E-state index contributed by atoms with van der Waals surface area (Å²) in [7, 11) is 2.16. The molecule has 8 heteroatoms. The summed E-state index contributed by atoms with van der Waals surface area (Å²) in [6, 6.07) is 10.2. The van der Waals surface area contributed by atoms with E-state index in [0.29, 0.717) is 17.3 Å². The summed E-state index contributed by atoms with van der Waals surface area (Å²) in [5, 5.41) is 4.99. The Kier molecular flexibility index (Phi) is 5.66. The van der Waals surface area contributed by atoms with Crippen LogP contribution in [0, 0.1) is 0 Å². The average molecular weight is 442 g/mol. The van der Waals surface area contributed by atoms with Gasteiger partial charge in [-0.05, 0) is 49.9 Å². The molecule has 3 N–H and O–H groups in total. The lowest BCUT2D eigenvalue weighted by molar-refractivity contribution is 0.0999. The molecule has 1 amide bonds. The molecule has 0 bridgehead atoms. The van der Waals surface area contributed by atoms with Crippen molar-refractivity contribution in [1.29, 1.82) is 0 Å². The van der Waals surface area contributed by atoms with Crippen molar-refractivity contribution in [3.63, 3.8) is 0 Å². The van der Waals surface area contributed by atoms with Crippen molar-refractivity contribution in [3.8, 4) is 5.82 Å². The third kappa shape index (κ3) is 4.38. The summed E-state index contributed by atoms with van der Waals surface area (Å²) in [6.07, 6.45) is 12.2. The van der Waals surface area contributed by atoms with Crippen LogP contribution >= 0.6 is 0 Å². The second-order valence-electron chi connectivity index (χ2n) is 8.31. The SMILES string of the molecule is CN1CCN(c2ccc(Nc3nccc(-n4cc(C(N)=O)c5c4=CC=CCC=5)n3)cc2)CC1. The number of carbonyl (C=O) groups excluding carboxylic acids is 1. The van der Waals surface area contributed by atoms with Crippen molar-refractivity contribution < 1.29 is 4.79 Å². The van der Waals surface area contributed by atoms with Crippen LogP contribution in [0.5, 0.6) is 0 Å². The van der Waals surface area contributed by atoms with E-state index in [9.17, 15) is 4.79 Å². The van der Waals surface area contributed by atoms with Gasteiger partial charge in [-0.15, -0.1) is 0 Å². The van der Waals surface area contributed by atoms with Gasteiger partial charge in [-0.25, -0.2) is 4.98 Å². The normalized spacial score (nSPS) is 15.8. The Morgan fingerprint density at radius 1 is 1.09 bits per heavy atom. The number of nitrogens with two attached hydrogens (primary N) is 1. The van der Waals surface area contributed by atoms with E-state index in [1.807, 2.05) is 47.1 Å². The first-order valence-electron chi connectivity index (χ1n) is 11.1. The van der Waals surface area contributed by atoms with Crippen LogP contribution in [0.1, 0.15) is 16.8 Å². The lowest BCUT2D eigenvalue weighted by Gasteiger charge is -2.34. The van der Waals surface area contributed by atoms with Gasteiger partial charge in [-0.1, -0.05) is 18.2 Å². The van der Waals surface area contributed by atoms with E-state index in [2.05, 4.69) is 44.3 Å². The van der Waals surface area contributed by atoms with Crippen molar-refractivity contribution in [3.05, 3.63) is 71.0 Å². The van der Waals surface area contributed by atoms with Crippen LogP contribution in [0.3, 0.4) is 0 Å². The van der Waals surface area contributed by atoms with Gasteiger partial charge in [-0.2, -0.15) is 4.98 Å². The Hall–Kier alpha value is -3.91. The molecule has 2 aromatic heterocycles. The van der Waals surface area contributed by atoms with Gasteiger partial charge >= 0.3 is 0 Å². The first-order valence-corrected chi connectivity index (χ1v) is 11.1. The predicted molar refractivity (Wildman–Crippen MR) is 131 cm³/mol. The van der Waals surface area contributed by atoms with Crippen LogP contribution < -0.4 is 26.5 Å². The quantitative estimate of drug-likeness (QED) is 0.622. The minimum absolute atomic E-state index is 0.454. The summed E-state index contributed by atoms with van der Waals surface area (Å²) < 4.78 is 1.88. The molecule has 0 saturated carbocycles. The number of rotatable bonds is 5. The Balaban J connectivity index is 1.40. The van der Waals surface area contributed by atoms with E-state index < -0.39 is 5.91 Å². The van der Waals surface area contributed by atoms with Gasteiger partial charge in [0.25, 0.3) is 5.91 Å². The molecule has 0 spiro atoms. The number of hydrogen-bond donors (Lipinski definition) is 2. The highest BCUT2D eigenvalue weighted by molar-refractivity contribution is 5.93. The molecule has 3 heterocycles. The molecule has 1 saturated heterocycles. The number of nitrogens with zero attached hydrogens (tertiary/aromatic N) is 5. The highest BCUT2D eigenvalue weighted by Gasteiger charge is 2.15. The fraction of sp³-hybridized carbons (Fsp3) is 0.240. The van der Waals surface area contributed by atoms with Crippen LogP contribution in [-0.2, 0) is 0 Å². The monoisotopic (exact) mass is 441 g/mol. The molecule has 0 radical (unpaired) electrons. The minimum Gasteiger partial charge on any atom is -0.369 e. The summed E-state index contributed by atoms with van der Waals surface area (Å²) in [6.45, 7) is 4.22. The second-order valence-corrected chi connectivity index (χ2v) is 8.31. The fourth-order valence-corrected chi connectivity index (χ4v) is 4.22. The molecular weight excluding hydrogens is 414 g/mol. The number of primary amides is 1. The van der Waals surface area contributed by atoms with Crippen LogP contribution in [0.2, 0.25) is 0 Å². The summed E-state index contributed by atoms with van der Waals surface area (Å²) in [5.74, 6) is 0.686. The zero-order valence-electron chi connectivity index (χ0n) is 18.6. The van der Waals surface area contributed by atoms with Gasteiger partial charge in [0.05, 0.1) is 10.9 Å². The molecule has 5 rings (SSSR count). The molecule has 168 valence electrons. The lowest BCUT2D eigenvalue weighted by Crippen LogP contribution is -2.44. The first-order chi connectivity index (χ1) is 16.1. The van der Waals surface area contributed by atoms with E-state index in [1.54, 1.807) is 12.4 Å². The number of likely N-dealkylation sites (N-methyl/N-ethyl adjacent to an activating group) is 1. The summed E-state index contributed by atoms with van der Waals surface area (Å²) >= 11 is 0. The second kappa shape index (κ2) is 8.91. The molecular formula is C25H27N7O. The highest BCUT2D eigenvalue weighted by Crippen LogP contribution is 2.21. The number of aromatic nitrogens is 3. The maximum Gasteiger partial charge on any atom is 0.250 e. The number of hydrogen-bond acceptors (Lipinski definition) is 6. The maximum atomic E-state index is 12.0. The number of piperazine rings is 1. The maximum absolute atomic E-state index is 12.0. The molecule has 1 fully saturated rings. The number of fused-ring (bicyclic) bond motifs is 1. The van der Waals surface area contributed by atoms with Crippen LogP contribution in [0.4, 0.5) is 17.3 Å². The van der Waals surface area contributed by atoms with E-state index >= 15 is 0 Å². The molecule has 1 aliphatic carbocycles. The topological polar surface area (TPSA) is 92.3 Å². The molecule has 1 aliphatic heterocycles. The van der Waals surface area contributed by atoms with Gasteiger partial charge in [0.1, 0.15) is 5.82 Å². The van der Waals surface area contributed by atoms with Crippen LogP contribution in [0.15, 0.2) is 54.9 Å². The van der Waals surface area contributed by atoms with Gasteiger partial charge in [0.15, 0.2) is 0 Å². The fourth-order valence-electron chi connectivity index (χ4n) is 4.22. The number of nitrogens with one attached hydrogen (secondary N) is 1. The third-order valence-corrected chi connectivity index (χ3v) is 6.08. The minimum atomic E-state index is -0.454. The zero-order chi connectivity index (χ0) is 22.8. The van der Waals surface area contributed by atoms with Crippen molar-refractivity contribution in [2.24, 2.45) is 5.73 Å². The van der Waals surface area contributed by atoms with Crippen molar-refractivity contribution in [1.82, 2.24) is 19.4 Å². The smallest absolute Gasteiger partial charge is 0.250 e. The average Bonchev–Trinajstić information content (AvgIpc) is 3.02. The molecule has 8 nitrogen and oxygen atoms in total. The number of anilines is 3. The summed E-state index contributed by atoms with van der Waals surface area (Å²) in [4.78, 5) is 25.8. The van der Waals surface area contributed by atoms with Gasteiger partial charge in [0, 0.05) is 55.2 Å². The molecule has 1 aromatic carbocycles. The Morgan fingerprint density at radius 2 is 1.88 bits per heavy atom. The summed E-state index contributed by atoms with van der Waals surface area (Å²) in [5.41, 5.74) is 8.25. The zero-order valence-corrected chi connectivity index (χ0v) is 18.6. The molecule has 33 heavy (non-hydrogen) atoms. The van der Waals surface area contributed by atoms with E-state index in [-0.39, 0.29) is 0 Å². The van der Waals surface area contributed by atoms with Crippen molar-refractivity contribution in [2.45, 2.75) is 6.42 Å². The van der Waals surface area contributed by atoms with Crippen LogP contribution in [-0.4, -0.2) is 58.6 Å². The van der Waals surface area contributed by atoms with Crippen molar-refractivity contribution >= 4 is 35.4 Å². The van der Waals surface area contributed by atoms with E-state index in [4.69, 9.17) is 5.73 Å². The van der Waals surface area contributed by atoms with Gasteiger partial charge in [-0.3, -0.25) is 4.79 Å². The molecule has 3 aromatic rings. The molecule has 2 aliphatic rings. The number of allylic oxidation sites excluding steroid dienone is 2. The van der Waals surface area contributed by atoms with Gasteiger partial charge < -0.3 is 25.4 Å². The standard InChI is InChI=1S/C25H27N7O/c1-30-13-15-31(16-14-30)19-9-7-18(8-10-19)28-25-27-12-11-23(29-25)32-17-21(24(26)33)20-5-3-2-4-6-22(20)32/h2,4-12,17H,3,13-16H2,1H3,(H2,26,33)(H,27,28,29). The Bertz CT molecular complexity index is 1320. The highest BCUT2D eigenvalue weighted by atomic mass is 16.1. The Labute approximate surface area is 192 Å². The number of carbonyl (C=O) groups is 1. The third-order valence-electron chi connectivity index (χ3n) is 6.08. The first kappa shape index (κ1) is 21.0.